The summed E-state index contributed by atoms with van der Waals surface area (Å²) in [7, 11) is 0. The molecule has 26 heavy (non-hydrogen) atoms. The molecule has 0 bridgehead atoms. The maximum atomic E-state index is 13.8. The van der Waals surface area contributed by atoms with Crippen molar-refractivity contribution in [2.24, 2.45) is 0 Å². The zero-order valence-electron chi connectivity index (χ0n) is 13.8. The van der Waals surface area contributed by atoms with Crippen molar-refractivity contribution in [2.75, 3.05) is 0 Å². The van der Waals surface area contributed by atoms with Crippen LogP contribution in [0.2, 0.25) is 0 Å². The van der Waals surface area contributed by atoms with Crippen molar-refractivity contribution in [1.82, 2.24) is 0 Å². The van der Waals surface area contributed by atoms with Crippen molar-refractivity contribution in [3.8, 4) is 5.75 Å². The number of benzene rings is 3. The Morgan fingerprint density at radius 2 is 1.73 bits per heavy atom. The average molecular weight is 415 g/mol. The molecule has 0 fully saturated rings. The van der Waals surface area contributed by atoms with E-state index in [9.17, 15) is 9.18 Å². The lowest BCUT2D eigenvalue weighted by Crippen LogP contribution is -2.06. The second-order valence-electron chi connectivity index (χ2n) is 5.61. The van der Waals surface area contributed by atoms with Gasteiger partial charge in [0.15, 0.2) is 0 Å². The molecule has 3 aromatic carbocycles. The molecule has 0 radical (unpaired) electrons. The van der Waals surface area contributed by atoms with Crippen molar-refractivity contribution in [3.05, 3.63) is 99.8 Å². The Bertz CT molecular complexity index is 897. The smallest absolute Gasteiger partial charge is 0.338 e. The fraction of sp³-hybridized carbons (Fsp3) is 0.0952. The lowest BCUT2D eigenvalue weighted by Gasteiger charge is -2.09. The topological polar surface area (TPSA) is 35.5 Å². The molecule has 0 saturated heterocycles. The quantitative estimate of drug-likeness (QED) is 0.497. The summed E-state index contributed by atoms with van der Waals surface area (Å²) in [6.45, 7) is 0.274. The van der Waals surface area contributed by atoms with Gasteiger partial charge in [0, 0.05) is 10.0 Å². The van der Waals surface area contributed by atoms with Gasteiger partial charge in [-0.2, -0.15) is 0 Å². The number of halogens is 2. The molecule has 0 unspecified atom stereocenters. The van der Waals surface area contributed by atoms with Crippen LogP contribution in [0.4, 0.5) is 4.39 Å². The molecule has 0 amide bonds. The minimum Gasteiger partial charge on any atom is -0.489 e. The van der Waals surface area contributed by atoms with Crippen molar-refractivity contribution >= 4 is 21.9 Å². The second-order valence-corrected chi connectivity index (χ2v) is 6.53. The molecular formula is C21H16BrFO3. The zero-order chi connectivity index (χ0) is 18.4. The summed E-state index contributed by atoms with van der Waals surface area (Å²) in [5, 5.41) is 0. The lowest BCUT2D eigenvalue weighted by atomic mass is 10.2. The van der Waals surface area contributed by atoms with E-state index in [4.69, 9.17) is 9.47 Å². The Balaban J connectivity index is 1.60. The van der Waals surface area contributed by atoms with E-state index in [1.165, 1.54) is 6.07 Å². The van der Waals surface area contributed by atoms with Crippen LogP contribution in [0.25, 0.3) is 0 Å². The molecule has 0 N–H and O–H groups in total. The van der Waals surface area contributed by atoms with Crippen LogP contribution in [0.1, 0.15) is 21.5 Å². The minimum atomic E-state index is -0.530. The molecule has 0 aliphatic rings. The number of carbonyl (C=O) groups excluding carboxylic acids is 1. The Kier molecular flexibility index (Phi) is 6.02. The van der Waals surface area contributed by atoms with Crippen LogP contribution >= 0.6 is 15.9 Å². The molecule has 0 aliphatic heterocycles. The lowest BCUT2D eigenvalue weighted by molar-refractivity contribution is 0.0468. The van der Waals surface area contributed by atoms with Gasteiger partial charge in [0.25, 0.3) is 0 Å². The molecule has 0 heterocycles. The highest BCUT2D eigenvalue weighted by atomic mass is 79.9. The standard InChI is InChI=1S/C21H16BrFO3/c22-18-10-9-17(20(23)12-18)14-26-21(24)16-7-4-8-19(11-16)25-13-15-5-2-1-3-6-15/h1-12H,13-14H2. The monoisotopic (exact) mass is 414 g/mol. The number of esters is 1. The van der Waals surface area contributed by atoms with Gasteiger partial charge in [0.1, 0.15) is 24.8 Å². The van der Waals surface area contributed by atoms with Crippen LogP contribution < -0.4 is 4.74 Å². The SMILES string of the molecule is O=C(OCc1ccc(Br)cc1F)c1cccc(OCc2ccccc2)c1. The third-order valence-corrected chi connectivity index (χ3v) is 4.19. The highest BCUT2D eigenvalue weighted by molar-refractivity contribution is 9.10. The van der Waals surface area contributed by atoms with E-state index < -0.39 is 11.8 Å². The number of carbonyl (C=O) groups is 1. The summed E-state index contributed by atoms with van der Waals surface area (Å²) < 4.78 is 25.3. The van der Waals surface area contributed by atoms with E-state index in [1.807, 2.05) is 30.3 Å². The normalized spacial score (nSPS) is 10.4. The number of rotatable bonds is 6. The molecule has 3 rings (SSSR count). The molecule has 0 aliphatic carbocycles. The molecule has 0 saturated carbocycles. The van der Waals surface area contributed by atoms with Crippen LogP contribution in [0.15, 0.2) is 77.3 Å². The van der Waals surface area contributed by atoms with Crippen LogP contribution in [0, 0.1) is 5.82 Å². The number of ether oxygens (including phenoxy) is 2. The number of hydrogen-bond donors (Lipinski definition) is 0. The van der Waals surface area contributed by atoms with Crippen molar-refractivity contribution in [3.63, 3.8) is 0 Å². The first kappa shape index (κ1) is 18.1. The highest BCUT2D eigenvalue weighted by Gasteiger charge is 2.11. The van der Waals surface area contributed by atoms with Crippen LogP contribution in [-0.2, 0) is 18.0 Å². The molecular weight excluding hydrogens is 399 g/mol. The van der Waals surface area contributed by atoms with E-state index in [2.05, 4.69) is 15.9 Å². The predicted molar refractivity (Wildman–Crippen MR) is 100 cm³/mol. The van der Waals surface area contributed by atoms with Gasteiger partial charge in [-0.1, -0.05) is 58.4 Å². The molecule has 132 valence electrons. The molecule has 0 atom stereocenters. The summed E-state index contributed by atoms with van der Waals surface area (Å²) in [6.07, 6.45) is 0. The average Bonchev–Trinajstić information content (AvgIpc) is 2.66. The van der Waals surface area contributed by atoms with Gasteiger partial charge in [0.2, 0.25) is 0 Å². The van der Waals surface area contributed by atoms with Crippen LogP contribution in [-0.4, -0.2) is 5.97 Å². The highest BCUT2D eigenvalue weighted by Crippen LogP contribution is 2.19. The number of hydrogen-bond acceptors (Lipinski definition) is 3. The van der Waals surface area contributed by atoms with E-state index in [0.717, 1.165) is 5.56 Å². The second kappa shape index (κ2) is 8.63. The van der Waals surface area contributed by atoms with Gasteiger partial charge >= 0.3 is 5.97 Å². The Morgan fingerprint density at radius 1 is 0.923 bits per heavy atom. The minimum absolute atomic E-state index is 0.132. The first-order valence-corrected chi connectivity index (χ1v) is 8.79. The molecule has 0 aromatic heterocycles. The van der Waals surface area contributed by atoms with Crippen LogP contribution in [0.3, 0.4) is 0 Å². The molecule has 3 aromatic rings. The Hall–Kier alpha value is -2.66. The zero-order valence-corrected chi connectivity index (χ0v) is 15.4. The van der Waals surface area contributed by atoms with Crippen molar-refractivity contribution in [2.45, 2.75) is 13.2 Å². The van der Waals surface area contributed by atoms with Crippen molar-refractivity contribution < 1.29 is 18.7 Å². The van der Waals surface area contributed by atoms with E-state index >= 15 is 0 Å². The third-order valence-electron chi connectivity index (χ3n) is 3.69. The summed E-state index contributed by atoms with van der Waals surface area (Å²) in [5.41, 5.74) is 1.71. The third kappa shape index (κ3) is 4.92. The summed E-state index contributed by atoms with van der Waals surface area (Å²) in [6, 6.07) is 21.1. The van der Waals surface area contributed by atoms with Gasteiger partial charge in [-0.15, -0.1) is 0 Å². The van der Waals surface area contributed by atoms with Gasteiger partial charge < -0.3 is 9.47 Å². The molecule has 3 nitrogen and oxygen atoms in total. The van der Waals surface area contributed by atoms with Gasteiger partial charge in [-0.3, -0.25) is 0 Å². The fourth-order valence-electron chi connectivity index (χ4n) is 2.32. The maximum Gasteiger partial charge on any atom is 0.338 e. The Morgan fingerprint density at radius 3 is 2.50 bits per heavy atom. The first-order chi connectivity index (χ1) is 12.6. The van der Waals surface area contributed by atoms with E-state index in [1.54, 1.807) is 36.4 Å². The van der Waals surface area contributed by atoms with Crippen molar-refractivity contribution in [1.29, 1.82) is 0 Å². The Labute approximate surface area is 159 Å². The largest absolute Gasteiger partial charge is 0.489 e. The van der Waals surface area contributed by atoms with Gasteiger partial charge in [-0.25, -0.2) is 9.18 Å². The summed E-state index contributed by atoms with van der Waals surface area (Å²) in [4.78, 5) is 12.2. The van der Waals surface area contributed by atoms with Gasteiger partial charge in [0.05, 0.1) is 5.56 Å². The predicted octanol–water partition coefficient (Wildman–Crippen LogP) is 5.52. The summed E-state index contributed by atoms with van der Waals surface area (Å²) >= 11 is 3.19. The molecule has 5 heteroatoms. The summed E-state index contributed by atoms with van der Waals surface area (Å²) in [5.74, 6) is -0.386. The van der Waals surface area contributed by atoms with Crippen LogP contribution in [0.5, 0.6) is 5.75 Å². The van der Waals surface area contributed by atoms with E-state index in [0.29, 0.717) is 28.0 Å². The fourth-order valence-corrected chi connectivity index (χ4v) is 2.65. The molecule has 0 spiro atoms. The maximum absolute atomic E-state index is 13.8. The van der Waals surface area contributed by atoms with E-state index in [-0.39, 0.29) is 6.61 Å². The first-order valence-electron chi connectivity index (χ1n) is 7.99. The van der Waals surface area contributed by atoms with Gasteiger partial charge in [-0.05, 0) is 35.9 Å².